The van der Waals surface area contributed by atoms with Gasteiger partial charge in [0.1, 0.15) is 11.6 Å². The van der Waals surface area contributed by atoms with Crippen molar-refractivity contribution in [3.05, 3.63) is 29.8 Å². The minimum absolute atomic E-state index is 0.0409. The number of primary amides is 1. The SMILES string of the molecule is COC(=O)CCCc1cccc(NC(=O)C(CCC(N)=O)NC(=O)OC(C)(C)C)c1. The van der Waals surface area contributed by atoms with Gasteiger partial charge in [0.25, 0.3) is 0 Å². The summed E-state index contributed by atoms with van der Waals surface area (Å²) in [4.78, 5) is 47.1. The van der Waals surface area contributed by atoms with E-state index in [4.69, 9.17) is 10.5 Å². The number of esters is 1. The molecule has 30 heavy (non-hydrogen) atoms. The number of carbonyl (C=O) groups excluding carboxylic acids is 4. The van der Waals surface area contributed by atoms with Crippen LogP contribution in [0.1, 0.15) is 52.0 Å². The van der Waals surface area contributed by atoms with Crippen molar-refractivity contribution >= 4 is 29.6 Å². The lowest BCUT2D eigenvalue weighted by molar-refractivity contribution is -0.140. The second-order valence-electron chi connectivity index (χ2n) is 7.82. The predicted molar refractivity (Wildman–Crippen MR) is 112 cm³/mol. The quantitative estimate of drug-likeness (QED) is 0.496. The van der Waals surface area contributed by atoms with Gasteiger partial charge in [-0.05, 0) is 57.7 Å². The van der Waals surface area contributed by atoms with E-state index in [0.29, 0.717) is 24.9 Å². The first-order valence-electron chi connectivity index (χ1n) is 9.74. The van der Waals surface area contributed by atoms with E-state index in [-0.39, 0.29) is 18.8 Å². The van der Waals surface area contributed by atoms with Crippen LogP contribution in [0.15, 0.2) is 24.3 Å². The normalized spacial score (nSPS) is 11.9. The number of alkyl carbamates (subject to hydrolysis) is 1. The van der Waals surface area contributed by atoms with Gasteiger partial charge in [-0.25, -0.2) is 4.79 Å². The van der Waals surface area contributed by atoms with Crippen LogP contribution in [0.4, 0.5) is 10.5 Å². The molecule has 166 valence electrons. The van der Waals surface area contributed by atoms with Crippen LogP contribution in [-0.4, -0.2) is 42.6 Å². The van der Waals surface area contributed by atoms with Crippen LogP contribution in [0, 0.1) is 0 Å². The van der Waals surface area contributed by atoms with E-state index < -0.39 is 29.6 Å². The van der Waals surface area contributed by atoms with Gasteiger partial charge in [-0.1, -0.05) is 12.1 Å². The van der Waals surface area contributed by atoms with Crippen molar-refractivity contribution in [2.24, 2.45) is 5.73 Å². The highest BCUT2D eigenvalue weighted by Gasteiger charge is 2.25. The van der Waals surface area contributed by atoms with Gasteiger partial charge in [0.2, 0.25) is 11.8 Å². The first kappa shape index (κ1) is 24.9. The van der Waals surface area contributed by atoms with Crippen molar-refractivity contribution in [3.8, 4) is 0 Å². The third kappa shape index (κ3) is 10.4. The molecule has 0 spiro atoms. The Labute approximate surface area is 176 Å². The molecule has 0 saturated carbocycles. The third-order valence-electron chi connectivity index (χ3n) is 3.96. The molecule has 1 unspecified atom stereocenters. The van der Waals surface area contributed by atoms with E-state index in [1.165, 1.54) is 7.11 Å². The molecule has 0 saturated heterocycles. The van der Waals surface area contributed by atoms with Gasteiger partial charge in [-0.2, -0.15) is 0 Å². The molecule has 3 amide bonds. The molecule has 9 heteroatoms. The lowest BCUT2D eigenvalue weighted by atomic mass is 10.1. The number of methoxy groups -OCH3 is 1. The van der Waals surface area contributed by atoms with Crippen LogP contribution in [0.2, 0.25) is 0 Å². The third-order valence-corrected chi connectivity index (χ3v) is 3.96. The highest BCUT2D eigenvalue weighted by molar-refractivity contribution is 5.97. The Hall–Kier alpha value is -3.10. The topological polar surface area (TPSA) is 137 Å². The number of nitrogens with two attached hydrogens (primary N) is 1. The minimum atomic E-state index is -0.990. The Balaban J connectivity index is 2.77. The highest BCUT2D eigenvalue weighted by Crippen LogP contribution is 2.15. The molecule has 0 radical (unpaired) electrons. The molecule has 1 rings (SSSR count). The van der Waals surface area contributed by atoms with E-state index in [2.05, 4.69) is 15.4 Å². The summed E-state index contributed by atoms with van der Waals surface area (Å²) in [5.41, 5.74) is 5.92. The Morgan fingerprint density at radius 1 is 1.13 bits per heavy atom. The zero-order chi connectivity index (χ0) is 22.7. The van der Waals surface area contributed by atoms with Gasteiger partial charge in [0, 0.05) is 18.5 Å². The van der Waals surface area contributed by atoms with E-state index in [0.717, 1.165) is 5.56 Å². The monoisotopic (exact) mass is 421 g/mol. The van der Waals surface area contributed by atoms with E-state index in [1.807, 2.05) is 6.07 Å². The number of carbonyl (C=O) groups is 4. The fourth-order valence-electron chi connectivity index (χ4n) is 2.58. The second kappa shape index (κ2) is 11.8. The number of aryl methyl sites for hydroxylation is 1. The van der Waals surface area contributed by atoms with Gasteiger partial charge in [-0.15, -0.1) is 0 Å². The van der Waals surface area contributed by atoms with E-state index in [1.54, 1.807) is 39.0 Å². The maximum Gasteiger partial charge on any atom is 0.408 e. The van der Waals surface area contributed by atoms with E-state index >= 15 is 0 Å². The largest absolute Gasteiger partial charge is 0.469 e. The molecule has 0 aliphatic heterocycles. The van der Waals surface area contributed by atoms with Crippen molar-refractivity contribution in [2.75, 3.05) is 12.4 Å². The zero-order valence-electron chi connectivity index (χ0n) is 17.9. The summed E-state index contributed by atoms with van der Waals surface area (Å²) >= 11 is 0. The summed E-state index contributed by atoms with van der Waals surface area (Å²) < 4.78 is 9.80. The second-order valence-corrected chi connectivity index (χ2v) is 7.82. The predicted octanol–water partition coefficient (Wildman–Crippen LogP) is 2.28. The van der Waals surface area contributed by atoms with Crippen molar-refractivity contribution in [1.29, 1.82) is 0 Å². The number of anilines is 1. The highest BCUT2D eigenvalue weighted by atomic mass is 16.6. The number of nitrogens with one attached hydrogen (secondary N) is 2. The molecule has 9 nitrogen and oxygen atoms in total. The molecule has 1 atom stereocenters. The van der Waals surface area contributed by atoms with Crippen molar-refractivity contribution in [1.82, 2.24) is 5.32 Å². The molecule has 0 heterocycles. The summed E-state index contributed by atoms with van der Waals surface area (Å²) in [6.45, 7) is 5.12. The molecule has 0 bridgehead atoms. The number of amides is 3. The van der Waals surface area contributed by atoms with Crippen LogP contribution in [-0.2, 0) is 30.3 Å². The minimum Gasteiger partial charge on any atom is -0.469 e. The maximum absolute atomic E-state index is 12.7. The first-order chi connectivity index (χ1) is 14.0. The van der Waals surface area contributed by atoms with Crippen LogP contribution < -0.4 is 16.4 Å². The number of hydrogen-bond donors (Lipinski definition) is 3. The number of ether oxygens (including phenoxy) is 2. The Bertz CT molecular complexity index is 757. The average molecular weight is 421 g/mol. The van der Waals surface area contributed by atoms with Gasteiger partial charge < -0.3 is 25.8 Å². The van der Waals surface area contributed by atoms with Crippen LogP contribution in [0.25, 0.3) is 0 Å². The maximum atomic E-state index is 12.7. The lowest BCUT2D eigenvalue weighted by Gasteiger charge is -2.23. The molecule has 1 aromatic carbocycles. The van der Waals surface area contributed by atoms with Gasteiger partial charge >= 0.3 is 12.1 Å². The molecule has 1 aromatic rings. The number of benzene rings is 1. The fraction of sp³-hybridized carbons (Fsp3) is 0.524. The fourth-order valence-corrected chi connectivity index (χ4v) is 2.58. The average Bonchev–Trinajstić information content (AvgIpc) is 2.63. The summed E-state index contributed by atoms with van der Waals surface area (Å²) in [6.07, 6.45) is 0.776. The Morgan fingerprint density at radius 3 is 2.43 bits per heavy atom. The first-order valence-corrected chi connectivity index (χ1v) is 9.74. The molecular formula is C21H31N3O6. The van der Waals surface area contributed by atoms with Crippen molar-refractivity contribution in [3.63, 3.8) is 0 Å². The summed E-state index contributed by atoms with van der Waals surface area (Å²) in [7, 11) is 1.35. The Kier molecular flexibility index (Phi) is 9.80. The molecule has 0 aliphatic carbocycles. The van der Waals surface area contributed by atoms with Crippen molar-refractivity contribution < 1.29 is 28.7 Å². The molecule has 0 fully saturated rings. The summed E-state index contributed by atoms with van der Waals surface area (Å²) in [5.74, 6) is -1.34. The standard InChI is InChI=1S/C21H31N3O6/c1-21(2,3)30-20(28)24-16(11-12-17(22)25)19(27)23-15-9-5-7-14(13-15)8-6-10-18(26)29-4/h5,7,9,13,16H,6,8,10-12H2,1-4H3,(H2,22,25)(H,23,27)(H,24,28). The van der Waals surface area contributed by atoms with Crippen LogP contribution >= 0.6 is 0 Å². The Morgan fingerprint density at radius 2 is 1.83 bits per heavy atom. The van der Waals surface area contributed by atoms with Gasteiger partial charge in [0.15, 0.2) is 0 Å². The van der Waals surface area contributed by atoms with E-state index in [9.17, 15) is 19.2 Å². The van der Waals surface area contributed by atoms with Crippen molar-refractivity contribution in [2.45, 2.75) is 64.5 Å². The molecule has 0 aromatic heterocycles. The van der Waals surface area contributed by atoms with Crippen LogP contribution in [0.3, 0.4) is 0 Å². The van der Waals surface area contributed by atoms with Gasteiger partial charge in [-0.3, -0.25) is 14.4 Å². The smallest absolute Gasteiger partial charge is 0.408 e. The zero-order valence-corrected chi connectivity index (χ0v) is 17.9. The molecule has 4 N–H and O–H groups in total. The molecule has 0 aliphatic rings. The number of rotatable bonds is 10. The number of hydrogen-bond acceptors (Lipinski definition) is 6. The van der Waals surface area contributed by atoms with Crippen LogP contribution in [0.5, 0.6) is 0 Å². The summed E-state index contributed by atoms with van der Waals surface area (Å²) in [6, 6.07) is 6.17. The summed E-state index contributed by atoms with van der Waals surface area (Å²) in [5, 5.41) is 5.22. The lowest BCUT2D eigenvalue weighted by Crippen LogP contribution is -2.46. The molecular weight excluding hydrogens is 390 g/mol. The van der Waals surface area contributed by atoms with Gasteiger partial charge in [0.05, 0.1) is 7.11 Å².